The molecule has 0 saturated heterocycles. The number of thioether (sulfide) groups is 1. The van der Waals surface area contributed by atoms with Gasteiger partial charge in [0.2, 0.25) is 5.91 Å². The average Bonchev–Trinajstić information content (AvgIpc) is 3.57. The van der Waals surface area contributed by atoms with Crippen LogP contribution in [0.5, 0.6) is 17.2 Å². The van der Waals surface area contributed by atoms with Crippen molar-refractivity contribution in [1.82, 2.24) is 5.01 Å². The normalized spacial score (nSPS) is 18.4. The monoisotopic (exact) mass is 544 g/mol. The first-order valence-electron chi connectivity index (χ1n) is 12.4. The number of methoxy groups -OCH3 is 3. The van der Waals surface area contributed by atoms with Crippen molar-refractivity contribution in [3.8, 4) is 17.2 Å². The van der Waals surface area contributed by atoms with Gasteiger partial charge in [-0.05, 0) is 59.7 Å². The third-order valence-corrected chi connectivity index (χ3v) is 7.63. The van der Waals surface area contributed by atoms with Crippen molar-refractivity contribution < 1.29 is 23.8 Å². The molecule has 0 aliphatic carbocycles. The van der Waals surface area contributed by atoms with Crippen molar-refractivity contribution in [3.63, 3.8) is 0 Å². The predicted molar refractivity (Wildman–Crippen MR) is 152 cm³/mol. The third kappa shape index (κ3) is 5.91. The summed E-state index contributed by atoms with van der Waals surface area (Å²) in [5, 5.41) is 9.36. The molecule has 0 aromatic heterocycles. The lowest BCUT2D eigenvalue weighted by molar-refractivity contribution is -0.121. The molecule has 200 valence electrons. The summed E-state index contributed by atoms with van der Waals surface area (Å²) in [5.74, 6) is 1.52. The van der Waals surface area contributed by atoms with E-state index in [4.69, 9.17) is 19.3 Å². The Bertz CT molecular complexity index is 1420. The van der Waals surface area contributed by atoms with Gasteiger partial charge in [0.15, 0.2) is 5.17 Å². The Hall–Kier alpha value is -4.31. The molecule has 2 atom stereocenters. The summed E-state index contributed by atoms with van der Waals surface area (Å²) in [6.07, 6.45) is 0.608. The lowest BCUT2D eigenvalue weighted by Gasteiger charge is -2.23. The second-order valence-corrected chi connectivity index (χ2v) is 10.1. The van der Waals surface area contributed by atoms with Crippen LogP contribution in [0.2, 0.25) is 0 Å². The number of nitrogens with zero attached hydrogens (tertiary/aromatic N) is 3. The minimum Gasteiger partial charge on any atom is -0.497 e. The smallest absolute Gasteiger partial charge is 0.262 e. The maximum atomic E-state index is 12.9. The summed E-state index contributed by atoms with van der Waals surface area (Å²) in [6.45, 7) is 0. The quantitative estimate of drug-likeness (QED) is 0.431. The summed E-state index contributed by atoms with van der Waals surface area (Å²) < 4.78 is 15.8. The van der Waals surface area contributed by atoms with E-state index in [1.165, 1.54) is 11.8 Å². The van der Waals surface area contributed by atoms with Crippen LogP contribution in [0.1, 0.15) is 30.0 Å². The van der Waals surface area contributed by atoms with Crippen molar-refractivity contribution in [3.05, 3.63) is 83.9 Å². The number of carbonyl (C=O) groups excluding carboxylic acids is 2. The predicted octanol–water partition coefficient (Wildman–Crippen LogP) is 4.89. The molecular weight excluding hydrogens is 516 g/mol. The summed E-state index contributed by atoms with van der Waals surface area (Å²) >= 11 is 1.26. The fourth-order valence-electron chi connectivity index (χ4n) is 4.42. The lowest BCUT2D eigenvalue weighted by Crippen LogP contribution is -2.25. The molecular formula is C29H28N4O5S. The molecule has 0 fully saturated rings. The molecule has 2 heterocycles. The summed E-state index contributed by atoms with van der Waals surface area (Å²) in [6, 6.07) is 22.4. The second kappa shape index (κ2) is 11.6. The Morgan fingerprint density at radius 2 is 1.62 bits per heavy atom. The van der Waals surface area contributed by atoms with Crippen LogP contribution in [0.4, 0.5) is 5.69 Å². The van der Waals surface area contributed by atoms with Gasteiger partial charge in [0, 0.05) is 24.6 Å². The lowest BCUT2D eigenvalue weighted by atomic mass is 9.98. The van der Waals surface area contributed by atoms with Crippen LogP contribution in [0.15, 0.2) is 82.9 Å². The summed E-state index contributed by atoms with van der Waals surface area (Å²) in [4.78, 5) is 29.9. The highest BCUT2D eigenvalue weighted by Crippen LogP contribution is 2.39. The maximum absolute atomic E-state index is 12.9. The topological polar surface area (TPSA) is 102 Å². The van der Waals surface area contributed by atoms with E-state index in [2.05, 4.69) is 10.3 Å². The summed E-state index contributed by atoms with van der Waals surface area (Å²) in [5.41, 5.74) is 3.44. The number of anilines is 1. The van der Waals surface area contributed by atoms with Crippen LogP contribution in [-0.4, -0.2) is 54.3 Å². The van der Waals surface area contributed by atoms with Gasteiger partial charge in [-0.1, -0.05) is 30.0 Å². The van der Waals surface area contributed by atoms with Crippen LogP contribution in [0, 0.1) is 0 Å². The molecule has 0 unspecified atom stereocenters. The molecule has 9 nitrogen and oxygen atoms in total. The van der Waals surface area contributed by atoms with E-state index in [1.54, 1.807) is 50.6 Å². The molecule has 0 radical (unpaired) electrons. The number of ether oxygens (including phenoxy) is 3. The molecule has 5 rings (SSSR count). The molecule has 10 heteroatoms. The Morgan fingerprint density at radius 1 is 0.949 bits per heavy atom. The van der Waals surface area contributed by atoms with Gasteiger partial charge in [-0.3, -0.25) is 9.59 Å². The molecule has 0 spiro atoms. The number of amides is 2. The zero-order valence-electron chi connectivity index (χ0n) is 21.8. The Morgan fingerprint density at radius 3 is 2.28 bits per heavy atom. The van der Waals surface area contributed by atoms with E-state index in [1.807, 2.05) is 48.5 Å². The van der Waals surface area contributed by atoms with Crippen molar-refractivity contribution in [1.29, 1.82) is 0 Å². The fraction of sp³-hybridized carbons (Fsp3) is 0.241. The van der Waals surface area contributed by atoms with Gasteiger partial charge in [-0.25, -0.2) is 5.01 Å². The Balaban J connectivity index is 1.34. The molecule has 3 aromatic carbocycles. The minimum atomic E-state index is -0.637. The van der Waals surface area contributed by atoms with E-state index < -0.39 is 5.25 Å². The highest BCUT2D eigenvalue weighted by molar-refractivity contribution is 8.15. The van der Waals surface area contributed by atoms with E-state index in [0.717, 1.165) is 28.3 Å². The summed E-state index contributed by atoms with van der Waals surface area (Å²) in [7, 11) is 4.82. The van der Waals surface area contributed by atoms with Gasteiger partial charge >= 0.3 is 0 Å². The molecule has 2 amide bonds. The number of nitrogens with one attached hydrogen (secondary N) is 1. The minimum absolute atomic E-state index is 0.0101. The van der Waals surface area contributed by atoms with Crippen LogP contribution in [0.3, 0.4) is 0 Å². The van der Waals surface area contributed by atoms with E-state index in [9.17, 15) is 9.59 Å². The van der Waals surface area contributed by atoms with Crippen LogP contribution in [0.25, 0.3) is 0 Å². The van der Waals surface area contributed by atoms with E-state index in [0.29, 0.717) is 23.0 Å². The van der Waals surface area contributed by atoms with E-state index >= 15 is 0 Å². The fourth-order valence-corrected chi connectivity index (χ4v) is 5.48. The molecule has 0 saturated carbocycles. The number of carbonyl (C=O) groups is 2. The highest BCUT2D eigenvalue weighted by atomic mass is 32.2. The van der Waals surface area contributed by atoms with Gasteiger partial charge < -0.3 is 19.5 Å². The number of hydrazone groups is 1. The first-order valence-corrected chi connectivity index (χ1v) is 13.2. The second-order valence-electron chi connectivity index (χ2n) is 8.94. The standard InChI is InChI=1S/C29H28N4O5S/c1-36-21-11-7-18(8-12-21)24-16-25(19-9-13-22(37-2)14-10-19)33(32-24)29-31-28(35)26(39-29)17-27(34)30-20-5-4-6-23(15-20)38-3/h4-15,25-26H,16-17H2,1-3H3,(H,30,34)/t25-,26+/m0/s1. The number of hydrogen-bond acceptors (Lipinski definition) is 8. The highest BCUT2D eigenvalue weighted by Gasteiger charge is 2.39. The van der Waals surface area contributed by atoms with Crippen molar-refractivity contribution in [2.24, 2.45) is 10.1 Å². The number of amidine groups is 1. The molecule has 1 N–H and O–H groups in total. The van der Waals surface area contributed by atoms with Gasteiger partial charge in [0.1, 0.15) is 22.5 Å². The van der Waals surface area contributed by atoms with Gasteiger partial charge in [0.05, 0.1) is 33.1 Å². The first kappa shape index (κ1) is 26.3. The molecule has 39 heavy (non-hydrogen) atoms. The van der Waals surface area contributed by atoms with E-state index in [-0.39, 0.29) is 24.3 Å². The largest absolute Gasteiger partial charge is 0.497 e. The van der Waals surface area contributed by atoms with Crippen molar-refractivity contribution >= 4 is 40.1 Å². The van der Waals surface area contributed by atoms with Crippen molar-refractivity contribution in [2.75, 3.05) is 26.6 Å². The van der Waals surface area contributed by atoms with Crippen LogP contribution in [-0.2, 0) is 9.59 Å². The molecule has 2 aliphatic rings. The third-order valence-electron chi connectivity index (χ3n) is 6.48. The van der Waals surface area contributed by atoms with Gasteiger partial charge in [-0.15, -0.1) is 0 Å². The Kier molecular flexibility index (Phi) is 7.83. The zero-order valence-corrected chi connectivity index (χ0v) is 22.6. The van der Waals surface area contributed by atoms with Gasteiger partial charge in [-0.2, -0.15) is 10.1 Å². The molecule has 3 aromatic rings. The number of benzene rings is 3. The molecule has 0 bridgehead atoms. The van der Waals surface area contributed by atoms with Crippen LogP contribution >= 0.6 is 11.8 Å². The Labute approximate surface area is 230 Å². The van der Waals surface area contributed by atoms with Crippen LogP contribution < -0.4 is 19.5 Å². The number of hydrogen-bond donors (Lipinski definition) is 1. The van der Waals surface area contributed by atoms with Gasteiger partial charge in [0.25, 0.3) is 5.91 Å². The zero-order chi connectivity index (χ0) is 27.4. The number of rotatable bonds is 8. The van der Waals surface area contributed by atoms with Crippen molar-refractivity contribution in [2.45, 2.75) is 24.1 Å². The number of aliphatic imine (C=N–C) groups is 1. The first-order chi connectivity index (χ1) is 19.0. The maximum Gasteiger partial charge on any atom is 0.262 e. The SMILES string of the molecule is COc1ccc(C2=NN(C3=NC(=O)[C@@H](CC(=O)Nc4cccc(OC)c4)S3)[C@H](c3ccc(OC)cc3)C2)cc1. The average molecular weight is 545 g/mol. The molecule has 2 aliphatic heterocycles.